The van der Waals surface area contributed by atoms with E-state index in [2.05, 4.69) is 16.8 Å². The summed E-state index contributed by atoms with van der Waals surface area (Å²) in [6.07, 6.45) is 0.776. The number of ketones is 1. The van der Waals surface area contributed by atoms with Crippen molar-refractivity contribution >= 4 is 5.78 Å². The minimum atomic E-state index is 0.230. The van der Waals surface area contributed by atoms with Crippen molar-refractivity contribution in [1.29, 1.82) is 0 Å². The van der Waals surface area contributed by atoms with E-state index in [9.17, 15) is 4.79 Å². The molecule has 2 aliphatic heterocycles. The predicted molar refractivity (Wildman–Crippen MR) is 42.5 cm³/mol. The van der Waals surface area contributed by atoms with Crippen LogP contribution >= 0.6 is 0 Å². The van der Waals surface area contributed by atoms with Crippen LogP contribution in [0.15, 0.2) is 0 Å². The van der Waals surface area contributed by atoms with Gasteiger partial charge < -0.3 is 4.90 Å². The molecule has 0 bridgehead atoms. The van der Waals surface area contributed by atoms with Crippen LogP contribution < -0.4 is 0 Å². The van der Waals surface area contributed by atoms with Crippen molar-refractivity contribution in [1.82, 2.24) is 9.80 Å². The normalized spacial score (nSPS) is 34.3. The number of carbonyl (C=O) groups is 1. The topological polar surface area (TPSA) is 23.6 Å². The molecule has 0 aromatic carbocycles. The summed E-state index contributed by atoms with van der Waals surface area (Å²) >= 11 is 0. The van der Waals surface area contributed by atoms with Gasteiger partial charge in [-0.3, -0.25) is 9.69 Å². The predicted octanol–water partition coefficient (Wildman–Crippen LogP) is -0.425. The summed E-state index contributed by atoms with van der Waals surface area (Å²) in [5, 5.41) is 0. The van der Waals surface area contributed by atoms with E-state index in [1.807, 2.05) is 0 Å². The van der Waals surface area contributed by atoms with Crippen LogP contribution in [0, 0.1) is 0 Å². The van der Waals surface area contributed by atoms with E-state index in [1.54, 1.807) is 0 Å². The molecule has 2 saturated heterocycles. The first-order valence-corrected chi connectivity index (χ1v) is 4.22. The van der Waals surface area contributed by atoms with Crippen LogP contribution in [0.2, 0.25) is 0 Å². The molecule has 2 fully saturated rings. The largest absolute Gasteiger partial charge is 0.303 e. The van der Waals surface area contributed by atoms with Crippen molar-refractivity contribution in [2.75, 3.05) is 33.2 Å². The van der Waals surface area contributed by atoms with Crippen LogP contribution in [0.3, 0.4) is 0 Å². The van der Waals surface area contributed by atoms with Crippen molar-refractivity contribution < 1.29 is 4.79 Å². The Bertz CT molecular complexity index is 181. The number of fused-ring (bicyclic) bond motifs is 1. The van der Waals surface area contributed by atoms with Crippen molar-refractivity contribution in [2.45, 2.75) is 12.5 Å². The molecular weight excluding hydrogens is 140 g/mol. The van der Waals surface area contributed by atoms with Crippen LogP contribution in [0.5, 0.6) is 0 Å². The van der Waals surface area contributed by atoms with Gasteiger partial charge in [-0.1, -0.05) is 0 Å². The maximum atomic E-state index is 11.3. The first-order valence-electron chi connectivity index (χ1n) is 4.22. The number of hydrogen-bond donors (Lipinski definition) is 0. The monoisotopic (exact) mass is 154 g/mol. The van der Waals surface area contributed by atoms with E-state index >= 15 is 0 Å². The first-order chi connectivity index (χ1) is 5.27. The van der Waals surface area contributed by atoms with Gasteiger partial charge in [0.1, 0.15) is 0 Å². The molecule has 0 N–H and O–H groups in total. The average Bonchev–Trinajstić information content (AvgIpc) is 2.33. The SMILES string of the molecule is CN1CCN2CCC(=O)C2C1. The summed E-state index contributed by atoms with van der Waals surface area (Å²) in [6.45, 7) is 4.13. The van der Waals surface area contributed by atoms with E-state index in [0.717, 1.165) is 32.6 Å². The molecule has 11 heavy (non-hydrogen) atoms. The smallest absolute Gasteiger partial charge is 0.152 e. The molecule has 0 aromatic heterocycles. The van der Waals surface area contributed by atoms with E-state index < -0.39 is 0 Å². The zero-order valence-electron chi connectivity index (χ0n) is 6.92. The van der Waals surface area contributed by atoms with Crippen LogP contribution in [-0.4, -0.2) is 54.9 Å². The summed E-state index contributed by atoms with van der Waals surface area (Å²) in [5.41, 5.74) is 0. The van der Waals surface area contributed by atoms with Gasteiger partial charge in [-0.25, -0.2) is 0 Å². The van der Waals surface area contributed by atoms with E-state index in [0.29, 0.717) is 5.78 Å². The third kappa shape index (κ3) is 1.19. The van der Waals surface area contributed by atoms with Gasteiger partial charge in [0.2, 0.25) is 0 Å². The number of Topliss-reactive ketones (excluding diaryl/α,β-unsaturated/α-hetero) is 1. The molecule has 3 nitrogen and oxygen atoms in total. The first kappa shape index (κ1) is 7.25. The molecule has 0 radical (unpaired) electrons. The minimum Gasteiger partial charge on any atom is -0.303 e. The molecule has 2 rings (SSSR count). The van der Waals surface area contributed by atoms with Crippen molar-refractivity contribution in [2.24, 2.45) is 0 Å². The van der Waals surface area contributed by atoms with Crippen LogP contribution in [0.1, 0.15) is 6.42 Å². The van der Waals surface area contributed by atoms with E-state index in [-0.39, 0.29) is 6.04 Å². The third-order valence-electron chi connectivity index (χ3n) is 2.71. The molecule has 3 heteroatoms. The highest BCUT2D eigenvalue weighted by Gasteiger charge is 2.35. The minimum absolute atomic E-state index is 0.230. The third-order valence-corrected chi connectivity index (χ3v) is 2.71. The maximum absolute atomic E-state index is 11.3. The Morgan fingerprint density at radius 3 is 3.00 bits per heavy atom. The van der Waals surface area contributed by atoms with Gasteiger partial charge in [0.05, 0.1) is 6.04 Å². The Labute approximate surface area is 67.0 Å². The van der Waals surface area contributed by atoms with Gasteiger partial charge in [-0.2, -0.15) is 0 Å². The highest BCUT2D eigenvalue weighted by molar-refractivity contribution is 5.86. The molecule has 0 saturated carbocycles. The summed E-state index contributed by atoms with van der Waals surface area (Å²) in [5.74, 6) is 0.441. The van der Waals surface area contributed by atoms with Gasteiger partial charge in [0, 0.05) is 32.6 Å². The summed E-state index contributed by atoms with van der Waals surface area (Å²) in [4.78, 5) is 15.8. The van der Waals surface area contributed by atoms with Gasteiger partial charge >= 0.3 is 0 Å². The fraction of sp³-hybridized carbons (Fsp3) is 0.875. The number of hydrogen-bond acceptors (Lipinski definition) is 3. The molecule has 1 atom stereocenters. The number of likely N-dealkylation sites (N-methyl/N-ethyl adjacent to an activating group) is 1. The van der Waals surface area contributed by atoms with Gasteiger partial charge in [-0.05, 0) is 7.05 Å². The number of nitrogens with zero attached hydrogens (tertiary/aromatic N) is 2. The highest BCUT2D eigenvalue weighted by atomic mass is 16.1. The van der Waals surface area contributed by atoms with Crippen molar-refractivity contribution in [3.63, 3.8) is 0 Å². The lowest BCUT2D eigenvalue weighted by atomic mass is 10.1. The summed E-state index contributed by atoms with van der Waals surface area (Å²) < 4.78 is 0. The Balaban J connectivity index is 2.07. The molecule has 2 aliphatic rings. The maximum Gasteiger partial charge on any atom is 0.152 e. The standard InChI is InChI=1S/C8H14N2O/c1-9-4-5-10-3-2-8(11)7(10)6-9/h7H,2-6H2,1H3. The van der Waals surface area contributed by atoms with Crippen molar-refractivity contribution in [3.8, 4) is 0 Å². The van der Waals surface area contributed by atoms with Gasteiger partial charge in [-0.15, -0.1) is 0 Å². The van der Waals surface area contributed by atoms with Crippen molar-refractivity contribution in [3.05, 3.63) is 0 Å². The Kier molecular flexibility index (Phi) is 1.69. The number of piperazine rings is 1. The molecular formula is C8H14N2O. The van der Waals surface area contributed by atoms with Crippen LogP contribution in [0.4, 0.5) is 0 Å². The molecule has 0 spiro atoms. The lowest BCUT2D eigenvalue weighted by molar-refractivity contribution is -0.121. The van der Waals surface area contributed by atoms with Gasteiger partial charge in [0.15, 0.2) is 5.78 Å². The second-order valence-corrected chi connectivity index (χ2v) is 3.53. The molecule has 0 aliphatic carbocycles. The molecule has 62 valence electrons. The summed E-state index contributed by atoms with van der Waals surface area (Å²) in [7, 11) is 2.09. The second-order valence-electron chi connectivity index (χ2n) is 3.53. The van der Waals surface area contributed by atoms with Crippen LogP contribution in [-0.2, 0) is 4.79 Å². The van der Waals surface area contributed by atoms with Crippen LogP contribution in [0.25, 0.3) is 0 Å². The lowest BCUT2D eigenvalue weighted by Gasteiger charge is -2.34. The fourth-order valence-corrected chi connectivity index (χ4v) is 1.95. The number of rotatable bonds is 0. The fourth-order valence-electron chi connectivity index (χ4n) is 1.95. The van der Waals surface area contributed by atoms with Gasteiger partial charge in [0.25, 0.3) is 0 Å². The highest BCUT2D eigenvalue weighted by Crippen LogP contribution is 2.17. The molecule has 1 unspecified atom stereocenters. The molecule has 0 aromatic rings. The zero-order chi connectivity index (χ0) is 7.84. The average molecular weight is 154 g/mol. The zero-order valence-corrected chi connectivity index (χ0v) is 6.92. The number of carbonyl (C=O) groups excluding carboxylic acids is 1. The second kappa shape index (κ2) is 2.57. The van der Waals surface area contributed by atoms with E-state index in [1.165, 1.54) is 0 Å². The summed E-state index contributed by atoms with van der Waals surface area (Å²) in [6, 6.07) is 0.230. The Morgan fingerprint density at radius 2 is 2.18 bits per heavy atom. The van der Waals surface area contributed by atoms with E-state index in [4.69, 9.17) is 0 Å². The Hall–Kier alpha value is -0.410. The molecule has 0 amide bonds. The molecule has 2 heterocycles. The quantitative estimate of drug-likeness (QED) is 0.473. The lowest BCUT2D eigenvalue weighted by Crippen LogP contribution is -2.50. The Morgan fingerprint density at radius 1 is 1.36 bits per heavy atom.